The molecule has 0 amide bonds. The molecule has 0 bridgehead atoms. The molecule has 0 radical (unpaired) electrons. The summed E-state index contributed by atoms with van der Waals surface area (Å²) in [7, 11) is 0. The molecular formula is C13H17NO6S. The molecule has 1 saturated heterocycles. The van der Waals surface area contributed by atoms with Crippen molar-refractivity contribution in [3.05, 3.63) is 24.3 Å². The lowest BCUT2D eigenvalue weighted by Gasteiger charge is -2.39. The summed E-state index contributed by atoms with van der Waals surface area (Å²) < 4.78 is 10.7. The first-order chi connectivity index (χ1) is 10.1. The second-order valence-electron chi connectivity index (χ2n) is 4.60. The van der Waals surface area contributed by atoms with Gasteiger partial charge in [-0.2, -0.15) is 0 Å². The highest BCUT2D eigenvalue weighted by Crippen LogP contribution is 2.25. The third kappa shape index (κ3) is 3.67. The van der Waals surface area contributed by atoms with Crippen molar-refractivity contribution in [3.63, 3.8) is 0 Å². The van der Waals surface area contributed by atoms with Gasteiger partial charge in [0, 0.05) is 5.69 Å². The second kappa shape index (κ2) is 7.12. The largest absolute Gasteiger partial charge is 0.462 e. The number of rotatable bonds is 5. The van der Waals surface area contributed by atoms with Crippen LogP contribution in [-0.2, 0) is 4.74 Å². The molecule has 116 valence electrons. The normalized spacial score (nSPS) is 32.5. The van der Waals surface area contributed by atoms with E-state index in [4.69, 9.17) is 14.6 Å². The summed E-state index contributed by atoms with van der Waals surface area (Å²) in [6.45, 7) is -0.498. The van der Waals surface area contributed by atoms with Crippen LogP contribution >= 0.6 is 12.2 Å². The van der Waals surface area contributed by atoms with Crippen molar-refractivity contribution in [1.82, 2.24) is 0 Å². The Bertz CT molecular complexity index is 468. The molecule has 5 atom stereocenters. The van der Waals surface area contributed by atoms with Crippen LogP contribution in [0.3, 0.4) is 0 Å². The van der Waals surface area contributed by atoms with Crippen molar-refractivity contribution in [2.24, 2.45) is 0 Å². The molecule has 1 heterocycles. The van der Waals surface area contributed by atoms with Gasteiger partial charge in [-0.3, -0.25) is 0 Å². The predicted octanol–water partition coefficient (Wildman–Crippen LogP) is -0.766. The topological polar surface area (TPSA) is 111 Å². The number of hydrogen-bond donors (Lipinski definition) is 5. The Hall–Kier alpha value is -1.29. The Balaban J connectivity index is 2.05. The smallest absolute Gasteiger partial charge is 0.229 e. The number of aliphatic hydroxyl groups excluding tert-OH is 4. The van der Waals surface area contributed by atoms with Crippen LogP contribution in [0.4, 0.5) is 5.69 Å². The molecule has 2 rings (SSSR count). The van der Waals surface area contributed by atoms with Gasteiger partial charge in [-0.05, 0) is 24.3 Å². The molecule has 0 aliphatic carbocycles. The van der Waals surface area contributed by atoms with Gasteiger partial charge in [-0.15, -0.1) is 0 Å². The maximum Gasteiger partial charge on any atom is 0.229 e. The van der Waals surface area contributed by atoms with Crippen LogP contribution in [0.1, 0.15) is 0 Å². The van der Waals surface area contributed by atoms with Gasteiger partial charge in [0.05, 0.1) is 12.1 Å². The van der Waals surface area contributed by atoms with E-state index in [1.54, 1.807) is 24.3 Å². The lowest BCUT2D eigenvalue weighted by atomic mass is 9.99. The minimum Gasteiger partial charge on any atom is -0.462 e. The fourth-order valence-corrected chi connectivity index (χ4v) is 2.13. The van der Waals surface area contributed by atoms with Crippen LogP contribution in [0.15, 0.2) is 24.3 Å². The highest BCUT2D eigenvalue weighted by Gasteiger charge is 2.44. The van der Waals surface area contributed by atoms with Gasteiger partial charge in [0.15, 0.2) is 0 Å². The summed E-state index contributed by atoms with van der Waals surface area (Å²) in [6.07, 6.45) is -6.48. The molecule has 0 saturated carbocycles. The van der Waals surface area contributed by atoms with Crippen LogP contribution in [0, 0.1) is 0 Å². The standard InChI is InChI=1S/C13H17NO6S/c15-5-9-10(16)11(17)12(18)13(20-9)19-8-3-1-7(2-4-8)14-6-21/h1-4,6,9-13,15-18H,5H2,(H,14,21)/t9-,10-,11+,12-,13+/m1/s1. The number of benzene rings is 1. The molecule has 0 unspecified atom stereocenters. The highest BCUT2D eigenvalue weighted by molar-refractivity contribution is 7.79. The minimum atomic E-state index is -1.46. The Labute approximate surface area is 126 Å². The van der Waals surface area contributed by atoms with Crippen LogP contribution in [0.25, 0.3) is 0 Å². The van der Waals surface area contributed by atoms with Crippen LogP contribution in [-0.4, -0.2) is 63.2 Å². The summed E-state index contributed by atoms with van der Waals surface area (Å²) in [6, 6.07) is 6.68. The number of anilines is 1. The fourth-order valence-electron chi connectivity index (χ4n) is 2.00. The summed E-state index contributed by atoms with van der Waals surface area (Å²) >= 11 is 4.67. The highest BCUT2D eigenvalue weighted by atomic mass is 32.1. The molecule has 5 N–H and O–H groups in total. The van der Waals surface area contributed by atoms with E-state index in [1.165, 1.54) is 5.49 Å². The quantitative estimate of drug-likeness (QED) is 0.451. The molecular weight excluding hydrogens is 298 g/mol. The monoisotopic (exact) mass is 315 g/mol. The average Bonchev–Trinajstić information content (AvgIpc) is 2.50. The molecule has 7 nitrogen and oxygen atoms in total. The first-order valence-corrected chi connectivity index (χ1v) is 6.81. The van der Waals surface area contributed by atoms with E-state index in [2.05, 4.69) is 17.5 Å². The number of aliphatic hydroxyl groups is 4. The third-order valence-electron chi connectivity index (χ3n) is 3.18. The van der Waals surface area contributed by atoms with E-state index >= 15 is 0 Å². The molecule has 1 aliphatic rings. The van der Waals surface area contributed by atoms with E-state index in [0.29, 0.717) is 5.75 Å². The predicted molar refractivity (Wildman–Crippen MR) is 78.1 cm³/mol. The lowest BCUT2D eigenvalue weighted by molar-refractivity contribution is -0.277. The Kier molecular flexibility index (Phi) is 5.45. The van der Waals surface area contributed by atoms with E-state index in [1.807, 2.05) is 0 Å². The minimum absolute atomic E-state index is 0.397. The summed E-state index contributed by atoms with van der Waals surface area (Å²) in [5.74, 6) is 0.397. The van der Waals surface area contributed by atoms with Crippen molar-refractivity contribution >= 4 is 23.4 Å². The SMILES string of the molecule is OC[C@H]1O[C@H](Oc2ccc(NC=S)cc2)[C@H](O)[C@@H](O)[C@@H]1O. The first-order valence-electron chi connectivity index (χ1n) is 6.34. The molecule has 1 aromatic rings. The molecule has 1 aromatic carbocycles. The number of thiocarbonyl (C=S) groups is 1. The summed E-state index contributed by atoms with van der Waals surface area (Å²) in [5, 5.41) is 41.1. The fraction of sp³-hybridized carbons (Fsp3) is 0.462. The third-order valence-corrected chi connectivity index (χ3v) is 3.30. The zero-order valence-electron chi connectivity index (χ0n) is 11.0. The molecule has 8 heteroatoms. The Morgan fingerprint density at radius 1 is 1.14 bits per heavy atom. The van der Waals surface area contributed by atoms with Crippen molar-refractivity contribution in [3.8, 4) is 5.75 Å². The van der Waals surface area contributed by atoms with Crippen LogP contribution in [0.5, 0.6) is 5.75 Å². The number of ether oxygens (including phenoxy) is 2. The van der Waals surface area contributed by atoms with E-state index in [9.17, 15) is 15.3 Å². The average molecular weight is 315 g/mol. The second-order valence-corrected chi connectivity index (χ2v) is 4.84. The van der Waals surface area contributed by atoms with Gasteiger partial charge in [-0.25, -0.2) is 0 Å². The van der Waals surface area contributed by atoms with Gasteiger partial charge < -0.3 is 35.2 Å². The van der Waals surface area contributed by atoms with E-state index in [-0.39, 0.29) is 0 Å². The molecule has 0 spiro atoms. The molecule has 1 aliphatic heterocycles. The van der Waals surface area contributed by atoms with Crippen molar-refractivity contribution in [2.75, 3.05) is 11.9 Å². The van der Waals surface area contributed by atoms with Crippen LogP contribution < -0.4 is 10.1 Å². The van der Waals surface area contributed by atoms with Gasteiger partial charge in [0.2, 0.25) is 6.29 Å². The van der Waals surface area contributed by atoms with Crippen molar-refractivity contribution < 1.29 is 29.9 Å². The van der Waals surface area contributed by atoms with E-state index < -0.39 is 37.3 Å². The lowest BCUT2D eigenvalue weighted by Crippen LogP contribution is -2.60. The zero-order valence-corrected chi connectivity index (χ0v) is 11.8. The first kappa shape index (κ1) is 16.1. The van der Waals surface area contributed by atoms with Crippen LogP contribution in [0.2, 0.25) is 0 Å². The number of hydrogen-bond acceptors (Lipinski definition) is 7. The van der Waals surface area contributed by atoms with Crippen molar-refractivity contribution in [2.45, 2.75) is 30.7 Å². The molecule has 21 heavy (non-hydrogen) atoms. The Morgan fingerprint density at radius 3 is 2.38 bits per heavy atom. The Morgan fingerprint density at radius 2 is 1.81 bits per heavy atom. The molecule has 0 aromatic heterocycles. The maximum atomic E-state index is 9.85. The number of nitrogens with one attached hydrogen (secondary N) is 1. The zero-order chi connectivity index (χ0) is 15.4. The van der Waals surface area contributed by atoms with Crippen molar-refractivity contribution in [1.29, 1.82) is 0 Å². The van der Waals surface area contributed by atoms with E-state index in [0.717, 1.165) is 5.69 Å². The van der Waals surface area contributed by atoms with Gasteiger partial charge in [0.25, 0.3) is 0 Å². The van der Waals surface area contributed by atoms with Gasteiger partial charge in [0.1, 0.15) is 30.2 Å². The summed E-state index contributed by atoms with van der Waals surface area (Å²) in [5.41, 5.74) is 2.14. The maximum absolute atomic E-state index is 9.85. The van der Waals surface area contributed by atoms with Gasteiger partial charge in [-0.1, -0.05) is 12.2 Å². The summed E-state index contributed by atoms with van der Waals surface area (Å²) in [4.78, 5) is 0. The van der Waals surface area contributed by atoms with Gasteiger partial charge >= 0.3 is 0 Å². The molecule has 1 fully saturated rings.